The van der Waals surface area contributed by atoms with Crippen LogP contribution in [0.2, 0.25) is 0 Å². The largest absolute Gasteiger partial charge is 0.340 e. The van der Waals surface area contributed by atoms with Crippen LogP contribution in [-0.2, 0) is 19.4 Å². The van der Waals surface area contributed by atoms with Gasteiger partial charge in [-0.25, -0.2) is 8.42 Å². The van der Waals surface area contributed by atoms with Gasteiger partial charge in [0.25, 0.3) is 0 Å². The summed E-state index contributed by atoms with van der Waals surface area (Å²) in [5.41, 5.74) is -0.907. The summed E-state index contributed by atoms with van der Waals surface area (Å²) in [6, 6.07) is -1.17. The Balaban J connectivity index is 3.14. The van der Waals surface area contributed by atoms with Crippen LogP contribution in [0, 0.1) is 0 Å². The van der Waals surface area contributed by atoms with E-state index in [2.05, 4.69) is 5.32 Å². The molecule has 1 N–H and O–H groups in total. The van der Waals surface area contributed by atoms with Crippen LogP contribution in [0.3, 0.4) is 0 Å². The maximum absolute atomic E-state index is 12.7. The van der Waals surface area contributed by atoms with Crippen LogP contribution in [0.15, 0.2) is 0 Å². The minimum absolute atomic E-state index is 0.139. The van der Waals surface area contributed by atoms with Crippen molar-refractivity contribution in [1.82, 2.24) is 10.2 Å². The molecule has 0 bridgehead atoms. The Bertz CT molecular complexity index is 497. The molecule has 0 aromatic rings. The fourth-order valence-corrected chi connectivity index (χ4v) is 3.81. The van der Waals surface area contributed by atoms with Crippen molar-refractivity contribution in [2.75, 3.05) is 12.0 Å². The van der Waals surface area contributed by atoms with E-state index in [0.717, 1.165) is 6.26 Å². The van der Waals surface area contributed by atoms with Gasteiger partial charge in [0.1, 0.15) is 21.4 Å². The average molecular weight is 304 g/mol. The predicted molar refractivity (Wildman–Crippen MR) is 76.9 cm³/mol. The molecule has 0 aliphatic carbocycles. The van der Waals surface area contributed by atoms with Crippen molar-refractivity contribution < 1.29 is 18.0 Å². The van der Waals surface area contributed by atoms with Gasteiger partial charge in [0, 0.05) is 12.3 Å². The molecule has 20 heavy (non-hydrogen) atoms. The highest BCUT2D eigenvalue weighted by atomic mass is 32.2. The van der Waals surface area contributed by atoms with Gasteiger partial charge in [0.05, 0.1) is 5.75 Å². The third-order valence-electron chi connectivity index (χ3n) is 4.03. The van der Waals surface area contributed by atoms with Gasteiger partial charge in [-0.05, 0) is 26.7 Å². The van der Waals surface area contributed by atoms with Crippen molar-refractivity contribution in [2.45, 2.75) is 58.2 Å². The molecule has 6 nitrogen and oxygen atoms in total. The maximum Gasteiger partial charge on any atom is 0.249 e. The second kappa shape index (κ2) is 5.71. The number of piperazine rings is 1. The summed E-state index contributed by atoms with van der Waals surface area (Å²) in [6.45, 7) is 6.99. The van der Waals surface area contributed by atoms with E-state index in [1.54, 1.807) is 13.8 Å². The number of carbonyl (C=O) groups excluding carboxylic acids is 2. The van der Waals surface area contributed by atoms with Gasteiger partial charge in [-0.15, -0.1) is 0 Å². The van der Waals surface area contributed by atoms with Crippen molar-refractivity contribution in [1.29, 1.82) is 0 Å². The molecular formula is C13H24N2O4S. The van der Waals surface area contributed by atoms with Crippen LogP contribution < -0.4 is 5.32 Å². The number of carbonyl (C=O) groups is 2. The highest BCUT2D eigenvalue weighted by Crippen LogP contribution is 2.26. The van der Waals surface area contributed by atoms with Gasteiger partial charge in [-0.3, -0.25) is 9.59 Å². The van der Waals surface area contributed by atoms with Gasteiger partial charge in [0.2, 0.25) is 11.8 Å². The lowest BCUT2D eigenvalue weighted by molar-refractivity contribution is -0.156. The summed E-state index contributed by atoms with van der Waals surface area (Å²) in [5.74, 6) is -0.556. The lowest BCUT2D eigenvalue weighted by Crippen LogP contribution is -2.71. The van der Waals surface area contributed by atoms with Crippen LogP contribution >= 0.6 is 0 Å². The van der Waals surface area contributed by atoms with Gasteiger partial charge >= 0.3 is 0 Å². The number of amides is 2. The molecule has 0 spiro atoms. The Hall–Kier alpha value is -1.11. The average Bonchev–Trinajstić information content (AvgIpc) is 2.32. The molecule has 0 aromatic heterocycles. The molecule has 2 unspecified atom stereocenters. The van der Waals surface area contributed by atoms with Crippen LogP contribution in [0.1, 0.15) is 40.5 Å². The lowest BCUT2D eigenvalue weighted by atomic mass is 9.86. The normalized spacial score (nSPS) is 24.4. The number of nitrogens with zero attached hydrogens (tertiary/aromatic N) is 1. The Morgan fingerprint density at radius 3 is 2.20 bits per heavy atom. The smallest absolute Gasteiger partial charge is 0.249 e. The summed E-state index contributed by atoms with van der Waals surface area (Å²) in [4.78, 5) is 26.2. The molecule has 116 valence electrons. The topological polar surface area (TPSA) is 83.6 Å². The second-order valence-electron chi connectivity index (χ2n) is 5.61. The molecule has 1 fully saturated rings. The third kappa shape index (κ3) is 3.13. The molecule has 1 rings (SSSR count). The molecule has 1 aliphatic heterocycles. The molecule has 7 heteroatoms. The van der Waals surface area contributed by atoms with Crippen LogP contribution in [-0.4, -0.2) is 54.8 Å². The highest BCUT2D eigenvalue weighted by molar-refractivity contribution is 7.90. The van der Waals surface area contributed by atoms with Crippen LogP contribution in [0.5, 0.6) is 0 Å². The zero-order valence-electron chi connectivity index (χ0n) is 12.8. The maximum atomic E-state index is 12.7. The zero-order valence-corrected chi connectivity index (χ0v) is 13.6. The van der Waals surface area contributed by atoms with E-state index in [0.29, 0.717) is 12.8 Å². The van der Waals surface area contributed by atoms with E-state index in [1.807, 2.05) is 13.8 Å². The molecule has 0 radical (unpaired) electrons. The van der Waals surface area contributed by atoms with Gasteiger partial charge < -0.3 is 10.2 Å². The molecule has 1 heterocycles. The molecule has 0 saturated carbocycles. The van der Waals surface area contributed by atoms with E-state index >= 15 is 0 Å². The molecular weight excluding hydrogens is 280 g/mol. The fraction of sp³-hybridized carbons (Fsp3) is 0.846. The first-order valence-corrected chi connectivity index (χ1v) is 8.96. The Labute approximate surface area is 120 Å². The highest BCUT2D eigenvalue weighted by Gasteiger charge is 2.48. The molecule has 2 atom stereocenters. The zero-order chi connectivity index (χ0) is 15.7. The minimum Gasteiger partial charge on any atom is -0.340 e. The number of sulfone groups is 1. The van der Waals surface area contributed by atoms with Crippen molar-refractivity contribution >= 4 is 21.7 Å². The molecule has 1 saturated heterocycles. The molecule has 2 amide bonds. The first-order chi connectivity index (χ1) is 9.08. The quantitative estimate of drug-likeness (QED) is 0.793. The molecule has 1 aliphatic rings. The van der Waals surface area contributed by atoms with Crippen molar-refractivity contribution in [3.05, 3.63) is 0 Å². The third-order valence-corrected chi connectivity index (χ3v) is 5.12. The van der Waals surface area contributed by atoms with E-state index in [-0.39, 0.29) is 17.6 Å². The lowest BCUT2D eigenvalue weighted by Gasteiger charge is -2.46. The van der Waals surface area contributed by atoms with Gasteiger partial charge in [-0.1, -0.05) is 13.8 Å². The summed E-state index contributed by atoms with van der Waals surface area (Å²) in [6.07, 6.45) is 2.11. The van der Waals surface area contributed by atoms with E-state index in [4.69, 9.17) is 0 Å². The first-order valence-electron chi connectivity index (χ1n) is 6.90. The Morgan fingerprint density at radius 2 is 1.80 bits per heavy atom. The predicted octanol–water partition coefficient (Wildman–Crippen LogP) is 0.325. The fourth-order valence-electron chi connectivity index (χ4n) is 2.77. The Morgan fingerprint density at radius 1 is 1.30 bits per heavy atom. The van der Waals surface area contributed by atoms with E-state index < -0.39 is 27.5 Å². The van der Waals surface area contributed by atoms with Crippen LogP contribution in [0.25, 0.3) is 0 Å². The summed E-state index contributed by atoms with van der Waals surface area (Å²) < 4.78 is 22.9. The van der Waals surface area contributed by atoms with Gasteiger partial charge in [-0.2, -0.15) is 0 Å². The molecule has 0 aromatic carbocycles. The van der Waals surface area contributed by atoms with Gasteiger partial charge in [0.15, 0.2) is 0 Å². The Kier molecular flexibility index (Phi) is 4.84. The van der Waals surface area contributed by atoms with Crippen molar-refractivity contribution in [3.63, 3.8) is 0 Å². The minimum atomic E-state index is -3.21. The number of rotatable bonds is 5. The number of hydrogen-bond acceptors (Lipinski definition) is 4. The van der Waals surface area contributed by atoms with Crippen LogP contribution in [0.4, 0.5) is 0 Å². The summed E-state index contributed by atoms with van der Waals surface area (Å²) >= 11 is 0. The SMILES string of the molecule is CCC1(CC)NC(=O)C(C)N(C(C)CS(C)(=O)=O)C1=O. The summed E-state index contributed by atoms with van der Waals surface area (Å²) in [7, 11) is -3.21. The monoisotopic (exact) mass is 304 g/mol. The number of nitrogens with one attached hydrogen (secondary N) is 1. The van der Waals surface area contributed by atoms with Crippen molar-refractivity contribution in [2.24, 2.45) is 0 Å². The first kappa shape index (κ1) is 16.9. The van der Waals surface area contributed by atoms with Crippen molar-refractivity contribution in [3.8, 4) is 0 Å². The van der Waals surface area contributed by atoms with E-state index in [9.17, 15) is 18.0 Å². The second-order valence-corrected chi connectivity index (χ2v) is 7.79. The number of hydrogen-bond donors (Lipinski definition) is 1. The summed E-state index contributed by atoms with van der Waals surface area (Å²) in [5, 5.41) is 2.80. The standard InChI is InChI=1S/C13H24N2O4S/c1-6-13(7-2)12(17)15(10(4)11(16)14-13)9(3)8-20(5,18)19/h9-10H,6-8H2,1-5H3,(H,14,16). The van der Waals surface area contributed by atoms with E-state index in [1.165, 1.54) is 4.90 Å².